The summed E-state index contributed by atoms with van der Waals surface area (Å²) in [5, 5.41) is 0. The second-order valence-corrected chi connectivity index (χ2v) is 8.46. The van der Waals surface area contributed by atoms with Gasteiger partial charge in [-0.2, -0.15) is 0 Å². The molecule has 1 aromatic heterocycles. The van der Waals surface area contributed by atoms with E-state index in [9.17, 15) is 9.59 Å². The third-order valence-corrected chi connectivity index (χ3v) is 4.85. The molecule has 3 rings (SSSR count). The number of nitrogens with zero attached hydrogens (tertiary/aromatic N) is 2. The van der Waals surface area contributed by atoms with E-state index in [4.69, 9.17) is 14.2 Å². The maximum absolute atomic E-state index is 12.5. The third-order valence-electron chi connectivity index (χ3n) is 4.85. The topological polar surface area (TPSA) is 70.0 Å². The molecule has 0 radical (unpaired) electrons. The summed E-state index contributed by atoms with van der Waals surface area (Å²) in [5.41, 5.74) is 0.361. The minimum Gasteiger partial charge on any atom is -0.497 e. The van der Waals surface area contributed by atoms with Gasteiger partial charge in [0.1, 0.15) is 23.2 Å². The monoisotopic (exact) mass is 414 g/mol. The fraction of sp³-hybridized carbons (Fsp3) is 0.478. The summed E-state index contributed by atoms with van der Waals surface area (Å²) in [5.74, 6) is 1.32. The van der Waals surface area contributed by atoms with Crippen LogP contribution in [-0.2, 0) is 11.3 Å². The first-order valence-corrected chi connectivity index (χ1v) is 10.2. The van der Waals surface area contributed by atoms with Crippen molar-refractivity contribution < 1.29 is 19.0 Å². The molecule has 0 N–H and O–H groups in total. The quantitative estimate of drug-likeness (QED) is 0.746. The molecule has 1 fully saturated rings. The Bertz CT molecular complexity index is 924. The van der Waals surface area contributed by atoms with Crippen molar-refractivity contribution >= 4 is 6.09 Å². The minimum atomic E-state index is -0.501. The van der Waals surface area contributed by atoms with Crippen LogP contribution in [-0.4, -0.2) is 47.5 Å². The Morgan fingerprint density at radius 1 is 1.10 bits per heavy atom. The number of carbonyl (C=O) groups is 1. The molecule has 0 spiro atoms. The minimum absolute atomic E-state index is 0.0303. The molecule has 0 atom stereocenters. The molecule has 2 heterocycles. The Morgan fingerprint density at radius 2 is 1.83 bits per heavy atom. The predicted octanol–water partition coefficient (Wildman–Crippen LogP) is 3.68. The smallest absolute Gasteiger partial charge is 0.410 e. The SMILES string of the molecule is COc1cccc(Cn2ccc(OC3CCN(C(=O)OC(C)(C)C)CC3)cc2=O)c1. The molecule has 162 valence electrons. The Hall–Kier alpha value is -2.96. The molecule has 0 saturated carbocycles. The zero-order valence-corrected chi connectivity index (χ0v) is 18.1. The number of carbonyl (C=O) groups excluding carboxylic acids is 1. The molecule has 0 aliphatic carbocycles. The van der Waals surface area contributed by atoms with E-state index in [0.717, 1.165) is 11.3 Å². The van der Waals surface area contributed by atoms with Crippen LogP contribution < -0.4 is 15.0 Å². The Balaban J connectivity index is 1.55. The molecule has 1 aliphatic heterocycles. The maximum Gasteiger partial charge on any atom is 0.410 e. The number of likely N-dealkylation sites (tertiary alicyclic amines) is 1. The summed E-state index contributed by atoms with van der Waals surface area (Å²) >= 11 is 0. The van der Waals surface area contributed by atoms with Crippen LogP contribution in [0.4, 0.5) is 4.79 Å². The van der Waals surface area contributed by atoms with E-state index in [1.165, 1.54) is 6.07 Å². The lowest BCUT2D eigenvalue weighted by Gasteiger charge is -2.33. The second kappa shape index (κ2) is 9.24. The number of piperidine rings is 1. The van der Waals surface area contributed by atoms with Gasteiger partial charge in [0.15, 0.2) is 0 Å². The van der Waals surface area contributed by atoms with Gasteiger partial charge in [-0.05, 0) is 44.5 Å². The van der Waals surface area contributed by atoms with Crippen LogP contribution in [0.3, 0.4) is 0 Å². The Morgan fingerprint density at radius 3 is 2.47 bits per heavy atom. The molecule has 7 nitrogen and oxygen atoms in total. The van der Waals surface area contributed by atoms with Gasteiger partial charge in [0.05, 0.1) is 13.7 Å². The van der Waals surface area contributed by atoms with Crippen LogP contribution in [0, 0.1) is 0 Å². The molecule has 7 heteroatoms. The van der Waals surface area contributed by atoms with Crippen molar-refractivity contribution in [1.29, 1.82) is 0 Å². The lowest BCUT2D eigenvalue weighted by atomic mass is 10.1. The van der Waals surface area contributed by atoms with Crippen LogP contribution in [0.1, 0.15) is 39.2 Å². The highest BCUT2D eigenvalue weighted by molar-refractivity contribution is 5.68. The van der Waals surface area contributed by atoms with E-state index in [1.807, 2.05) is 51.1 Å². The van der Waals surface area contributed by atoms with Crippen LogP contribution >= 0.6 is 0 Å². The van der Waals surface area contributed by atoms with Gasteiger partial charge in [-0.3, -0.25) is 4.79 Å². The molecule has 1 aromatic carbocycles. The van der Waals surface area contributed by atoms with Gasteiger partial charge in [-0.15, -0.1) is 0 Å². The van der Waals surface area contributed by atoms with Crippen LogP contribution in [0.5, 0.6) is 11.5 Å². The molecule has 0 unspecified atom stereocenters. The van der Waals surface area contributed by atoms with Crippen LogP contribution in [0.15, 0.2) is 47.4 Å². The predicted molar refractivity (Wildman–Crippen MR) is 114 cm³/mol. The molecule has 1 amide bonds. The van der Waals surface area contributed by atoms with Crippen molar-refractivity contribution in [3.8, 4) is 11.5 Å². The summed E-state index contributed by atoms with van der Waals surface area (Å²) < 4.78 is 18.3. The Labute approximate surface area is 177 Å². The van der Waals surface area contributed by atoms with Crippen molar-refractivity contribution in [3.05, 3.63) is 58.5 Å². The number of pyridine rings is 1. The van der Waals surface area contributed by atoms with E-state index >= 15 is 0 Å². The summed E-state index contributed by atoms with van der Waals surface area (Å²) in [6.45, 7) is 7.19. The first kappa shape index (κ1) is 21.7. The lowest BCUT2D eigenvalue weighted by molar-refractivity contribution is 0.0126. The van der Waals surface area contributed by atoms with Gasteiger partial charge < -0.3 is 23.7 Å². The first-order chi connectivity index (χ1) is 14.2. The fourth-order valence-corrected chi connectivity index (χ4v) is 3.34. The number of benzene rings is 1. The standard InChI is InChI=1S/C23H30N2O5/c1-23(2,3)30-22(27)24-11-8-18(9-12-24)29-20-10-13-25(21(26)15-20)16-17-6-5-7-19(14-17)28-4/h5-7,10,13-15,18H,8-9,11-12,16H2,1-4H3. The number of amides is 1. The molecule has 1 aliphatic rings. The van der Waals surface area contributed by atoms with Crippen molar-refractivity contribution in [2.45, 2.75) is 51.9 Å². The van der Waals surface area contributed by atoms with Crippen molar-refractivity contribution in [2.75, 3.05) is 20.2 Å². The highest BCUT2D eigenvalue weighted by atomic mass is 16.6. The molecule has 1 saturated heterocycles. The highest BCUT2D eigenvalue weighted by Gasteiger charge is 2.27. The summed E-state index contributed by atoms with van der Waals surface area (Å²) in [4.78, 5) is 26.4. The van der Waals surface area contributed by atoms with Crippen molar-refractivity contribution in [3.63, 3.8) is 0 Å². The zero-order valence-electron chi connectivity index (χ0n) is 18.1. The van der Waals surface area contributed by atoms with Crippen LogP contribution in [0.2, 0.25) is 0 Å². The summed E-state index contributed by atoms with van der Waals surface area (Å²) in [6, 6.07) is 11.0. The van der Waals surface area contributed by atoms with E-state index in [0.29, 0.717) is 38.2 Å². The number of hydrogen-bond donors (Lipinski definition) is 0. The second-order valence-electron chi connectivity index (χ2n) is 8.46. The van der Waals surface area contributed by atoms with E-state index < -0.39 is 5.60 Å². The van der Waals surface area contributed by atoms with Gasteiger partial charge >= 0.3 is 6.09 Å². The highest BCUT2D eigenvalue weighted by Crippen LogP contribution is 2.20. The molecule has 30 heavy (non-hydrogen) atoms. The largest absolute Gasteiger partial charge is 0.497 e. The maximum atomic E-state index is 12.5. The first-order valence-electron chi connectivity index (χ1n) is 10.2. The van der Waals surface area contributed by atoms with E-state index in [1.54, 1.807) is 22.8 Å². The Kier molecular flexibility index (Phi) is 6.70. The number of hydrogen-bond acceptors (Lipinski definition) is 5. The molecule has 0 bridgehead atoms. The number of aromatic nitrogens is 1. The van der Waals surface area contributed by atoms with Gasteiger partial charge in [0, 0.05) is 38.2 Å². The average molecular weight is 415 g/mol. The zero-order chi connectivity index (χ0) is 21.7. The number of methoxy groups -OCH3 is 1. The van der Waals surface area contributed by atoms with E-state index in [2.05, 4.69) is 0 Å². The van der Waals surface area contributed by atoms with Gasteiger partial charge in [-0.1, -0.05) is 12.1 Å². The third kappa shape index (κ3) is 6.02. The molecular formula is C23H30N2O5. The average Bonchev–Trinajstić information content (AvgIpc) is 2.69. The molecular weight excluding hydrogens is 384 g/mol. The van der Waals surface area contributed by atoms with Crippen molar-refractivity contribution in [1.82, 2.24) is 9.47 Å². The molecule has 2 aromatic rings. The number of rotatable bonds is 5. The van der Waals surface area contributed by atoms with Gasteiger partial charge in [-0.25, -0.2) is 4.79 Å². The van der Waals surface area contributed by atoms with Crippen molar-refractivity contribution in [2.24, 2.45) is 0 Å². The summed E-state index contributed by atoms with van der Waals surface area (Å²) in [6.07, 6.45) is 2.82. The van der Waals surface area contributed by atoms with Gasteiger partial charge in [0.25, 0.3) is 5.56 Å². The summed E-state index contributed by atoms with van der Waals surface area (Å²) in [7, 11) is 1.62. The number of ether oxygens (including phenoxy) is 3. The lowest BCUT2D eigenvalue weighted by Crippen LogP contribution is -2.44. The van der Waals surface area contributed by atoms with Crippen LogP contribution in [0.25, 0.3) is 0 Å². The normalized spacial score (nSPS) is 15.0. The fourth-order valence-electron chi connectivity index (χ4n) is 3.34. The van der Waals surface area contributed by atoms with E-state index in [-0.39, 0.29) is 17.8 Å². The van der Waals surface area contributed by atoms with Gasteiger partial charge in [0.2, 0.25) is 0 Å².